The van der Waals surface area contributed by atoms with Crippen LogP contribution in [0.3, 0.4) is 0 Å². The minimum Gasteiger partial charge on any atom is -0.376 e. The minimum atomic E-state index is 0.452. The molecule has 1 aromatic rings. The third-order valence-electron chi connectivity index (χ3n) is 5.63. The Morgan fingerprint density at radius 3 is 2.84 bits per heavy atom. The molecule has 1 aliphatic carbocycles. The van der Waals surface area contributed by atoms with Gasteiger partial charge in [0, 0.05) is 39.1 Å². The summed E-state index contributed by atoms with van der Waals surface area (Å²) < 4.78 is 8.25. The quantitative estimate of drug-likeness (QED) is 0.505. The fourth-order valence-electron chi connectivity index (χ4n) is 4.05. The third kappa shape index (κ3) is 4.97. The molecule has 25 heavy (non-hydrogen) atoms. The molecule has 0 aromatic carbocycles. The number of likely N-dealkylation sites (tertiary alicyclic amines) is 1. The number of ether oxygens (including phenoxy) is 1. The zero-order valence-electron chi connectivity index (χ0n) is 15.7. The minimum absolute atomic E-state index is 0.452. The molecular weight excluding hydrogens is 314 g/mol. The van der Waals surface area contributed by atoms with Crippen molar-refractivity contribution < 1.29 is 4.74 Å². The Balaban J connectivity index is 1.45. The van der Waals surface area contributed by atoms with Gasteiger partial charge in [0.05, 0.1) is 25.1 Å². The van der Waals surface area contributed by atoms with Crippen molar-refractivity contribution in [3.05, 3.63) is 18.7 Å². The highest BCUT2D eigenvalue weighted by Crippen LogP contribution is 2.27. The van der Waals surface area contributed by atoms with E-state index in [0.717, 1.165) is 32.2 Å². The van der Waals surface area contributed by atoms with Crippen molar-refractivity contribution in [1.29, 1.82) is 0 Å². The molecule has 1 saturated heterocycles. The maximum Gasteiger partial charge on any atom is 0.193 e. The van der Waals surface area contributed by atoms with Gasteiger partial charge in [-0.15, -0.1) is 0 Å². The molecule has 0 bridgehead atoms. The second-order valence-corrected chi connectivity index (χ2v) is 7.39. The van der Waals surface area contributed by atoms with Crippen molar-refractivity contribution in [3.8, 4) is 0 Å². The van der Waals surface area contributed by atoms with Crippen LogP contribution in [0.25, 0.3) is 0 Å². The number of nitrogens with zero attached hydrogens (tertiary/aromatic N) is 4. The molecular formula is C19H33N5O. The smallest absolute Gasteiger partial charge is 0.193 e. The lowest BCUT2D eigenvalue weighted by molar-refractivity contribution is 0.0314. The molecule has 6 heteroatoms. The van der Waals surface area contributed by atoms with E-state index < -0.39 is 0 Å². The first kappa shape index (κ1) is 18.2. The number of guanidine groups is 1. The molecule has 1 aromatic heterocycles. The lowest BCUT2D eigenvalue weighted by atomic mass is 9.93. The molecule has 140 valence electrons. The maximum atomic E-state index is 6.01. The second-order valence-electron chi connectivity index (χ2n) is 7.39. The first-order valence-electron chi connectivity index (χ1n) is 9.82. The van der Waals surface area contributed by atoms with E-state index in [4.69, 9.17) is 4.74 Å². The summed E-state index contributed by atoms with van der Waals surface area (Å²) in [5.41, 5.74) is 0. The Morgan fingerprint density at radius 1 is 1.28 bits per heavy atom. The Bertz CT molecular complexity index is 524. The lowest BCUT2D eigenvalue weighted by Gasteiger charge is -2.39. The SMILES string of the molecule is CN=C(NCCOC1CCCCC1)N1CCC(C)C(n2ccnc2)C1. The molecule has 2 fully saturated rings. The number of imidazole rings is 1. The number of hydrogen-bond acceptors (Lipinski definition) is 3. The number of piperidine rings is 1. The Labute approximate surface area is 151 Å². The van der Waals surface area contributed by atoms with Crippen molar-refractivity contribution in [2.24, 2.45) is 10.9 Å². The van der Waals surface area contributed by atoms with Gasteiger partial charge in [0.1, 0.15) is 0 Å². The Morgan fingerprint density at radius 2 is 2.12 bits per heavy atom. The molecule has 1 aliphatic heterocycles. The first-order valence-corrected chi connectivity index (χ1v) is 9.82. The predicted molar refractivity (Wildman–Crippen MR) is 101 cm³/mol. The van der Waals surface area contributed by atoms with Gasteiger partial charge in [-0.1, -0.05) is 26.2 Å². The van der Waals surface area contributed by atoms with Crippen molar-refractivity contribution >= 4 is 5.96 Å². The average Bonchev–Trinajstić information content (AvgIpc) is 3.18. The van der Waals surface area contributed by atoms with Gasteiger partial charge in [0.15, 0.2) is 5.96 Å². The molecule has 6 nitrogen and oxygen atoms in total. The number of rotatable bonds is 5. The fourth-order valence-corrected chi connectivity index (χ4v) is 4.05. The second kappa shape index (κ2) is 9.22. The van der Waals surface area contributed by atoms with Crippen LogP contribution in [0.4, 0.5) is 0 Å². The summed E-state index contributed by atoms with van der Waals surface area (Å²) in [6, 6.07) is 0.452. The summed E-state index contributed by atoms with van der Waals surface area (Å²) in [6.07, 6.45) is 14.0. The van der Waals surface area contributed by atoms with Crippen LogP contribution in [0.5, 0.6) is 0 Å². The summed E-state index contributed by atoms with van der Waals surface area (Å²) in [6.45, 7) is 5.94. The number of aromatic nitrogens is 2. The van der Waals surface area contributed by atoms with Crippen LogP contribution >= 0.6 is 0 Å². The summed E-state index contributed by atoms with van der Waals surface area (Å²) in [5.74, 6) is 1.64. The monoisotopic (exact) mass is 347 g/mol. The normalized spacial score (nSPS) is 26.0. The first-order chi connectivity index (χ1) is 12.3. The van der Waals surface area contributed by atoms with Crippen LogP contribution in [0.15, 0.2) is 23.7 Å². The highest BCUT2D eigenvalue weighted by molar-refractivity contribution is 5.80. The molecule has 2 aliphatic rings. The van der Waals surface area contributed by atoms with Crippen LogP contribution < -0.4 is 5.32 Å². The standard InChI is InChI=1S/C19H33N5O/c1-16-8-11-23(14-18(16)24-12-9-21-15-24)19(20-2)22-10-13-25-17-6-4-3-5-7-17/h9,12,15-18H,3-8,10-11,13-14H2,1-2H3,(H,20,22). The molecule has 3 rings (SSSR count). The van der Waals surface area contributed by atoms with E-state index in [1.807, 2.05) is 19.6 Å². The molecule has 1 N–H and O–H groups in total. The van der Waals surface area contributed by atoms with Gasteiger partial charge >= 0.3 is 0 Å². The molecule has 0 radical (unpaired) electrons. The van der Waals surface area contributed by atoms with Crippen molar-refractivity contribution in [2.45, 2.75) is 57.6 Å². The van der Waals surface area contributed by atoms with E-state index in [1.165, 1.54) is 38.5 Å². The molecule has 0 amide bonds. The third-order valence-corrected chi connectivity index (χ3v) is 5.63. The van der Waals surface area contributed by atoms with Crippen LogP contribution in [-0.2, 0) is 4.74 Å². The Kier molecular flexibility index (Phi) is 6.73. The fraction of sp³-hybridized carbons (Fsp3) is 0.789. The van der Waals surface area contributed by atoms with Crippen LogP contribution in [0.2, 0.25) is 0 Å². The van der Waals surface area contributed by atoms with E-state index in [-0.39, 0.29) is 0 Å². The maximum absolute atomic E-state index is 6.01. The van der Waals surface area contributed by atoms with Gasteiger partial charge in [0.25, 0.3) is 0 Å². The van der Waals surface area contributed by atoms with Crippen molar-refractivity contribution in [3.63, 3.8) is 0 Å². The number of hydrogen-bond donors (Lipinski definition) is 1. The molecule has 0 spiro atoms. The van der Waals surface area contributed by atoms with Crippen LogP contribution in [-0.4, -0.2) is 59.8 Å². The van der Waals surface area contributed by atoms with Crippen molar-refractivity contribution in [2.75, 3.05) is 33.3 Å². The van der Waals surface area contributed by atoms with E-state index in [9.17, 15) is 0 Å². The van der Waals surface area contributed by atoms with Gasteiger partial charge in [-0.3, -0.25) is 4.99 Å². The van der Waals surface area contributed by atoms with E-state index >= 15 is 0 Å². The van der Waals surface area contributed by atoms with Gasteiger partial charge in [-0.05, 0) is 25.2 Å². The summed E-state index contributed by atoms with van der Waals surface area (Å²) in [5, 5.41) is 3.49. The average molecular weight is 348 g/mol. The largest absolute Gasteiger partial charge is 0.376 e. The van der Waals surface area contributed by atoms with Crippen molar-refractivity contribution in [1.82, 2.24) is 19.8 Å². The van der Waals surface area contributed by atoms with E-state index in [1.54, 1.807) is 0 Å². The predicted octanol–water partition coefficient (Wildman–Crippen LogP) is 2.69. The highest BCUT2D eigenvalue weighted by atomic mass is 16.5. The molecule has 2 heterocycles. The van der Waals surface area contributed by atoms with Gasteiger partial charge in [0.2, 0.25) is 0 Å². The van der Waals surface area contributed by atoms with Crippen LogP contribution in [0.1, 0.15) is 51.5 Å². The number of aliphatic imine (C=N–C) groups is 1. The van der Waals surface area contributed by atoms with Gasteiger partial charge in [-0.2, -0.15) is 0 Å². The molecule has 2 unspecified atom stereocenters. The summed E-state index contributed by atoms with van der Waals surface area (Å²) in [7, 11) is 1.87. The zero-order chi connectivity index (χ0) is 17.5. The number of nitrogens with one attached hydrogen (secondary N) is 1. The summed E-state index contributed by atoms with van der Waals surface area (Å²) >= 11 is 0. The zero-order valence-corrected chi connectivity index (χ0v) is 15.7. The lowest BCUT2D eigenvalue weighted by Crippen LogP contribution is -2.49. The molecule has 1 saturated carbocycles. The Hall–Kier alpha value is -1.56. The highest BCUT2D eigenvalue weighted by Gasteiger charge is 2.28. The van der Waals surface area contributed by atoms with E-state index in [0.29, 0.717) is 18.1 Å². The topological polar surface area (TPSA) is 54.7 Å². The van der Waals surface area contributed by atoms with Crippen LogP contribution in [0, 0.1) is 5.92 Å². The summed E-state index contributed by atoms with van der Waals surface area (Å²) in [4.78, 5) is 11.1. The van der Waals surface area contributed by atoms with E-state index in [2.05, 4.69) is 37.9 Å². The molecule has 2 atom stereocenters. The van der Waals surface area contributed by atoms with Gasteiger partial charge in [-0.25, -0.2) is 4.98 Å². The van der Waals surface area contributed by atoms with Gasteiger partial charge < -0.3 is 19.5 Å².